The van der Waals surface area contributed by atoms with E-state index < -0.39 is 5.97 Å². The molecule has 0 fully saturated rings. The second kappa shape index (κ2) is 13.0. The van der Waals surface area contributed by atoms with Crippen LogP contribution in [-0.2, 0) is 6.42 Å². The van der Waals surface area contributed by atoms with Crippen molar-refractivity contribution in [3.63, 3.8) is 0 Å². The van der Waals surface area contributed by atoms with Gasteiger partial charge in [0.05, 0.1) is 5.56 Å². The van der Waals surface area contributed by atoms with Crippen LogP contribution in [0.4, 0.5) is 0 Å². The van der Waals surface area contributed by atoms with Crippen LogP contribution in [0.5, 0.6) is 5.75 Å². The van der Waals surface area contributed by atoms with E-state index in [2.05, 4.69) is 6.92 Å². The average Bonchev–Trinajstić information content (AvgIpc) is 2.45. The molecule has 4 heteroatoms. The van der Waals surface area contributed by atoms with Crippen LogP contribution < -0.4 is 34.7 Å². The van der Waals surface area contributed by atoms with Crippen molar-refractivity contribution in [2.45, 2.75) is 71.1 Å². The summed E-state index contributed by atoms with van der Waals surface area (Å²) in [6.45, 7) is 2.22. The summed E-state index contributed by atoms with van der Waals surface area (Å²) in [6.07, 6.45) is 11.8. The fourth-order valence-electron chi connectivity index (χ4n) is 2.61. The summed E-state index contributed by atoms with van der Waals surface area (Å²) in [6, 6.07) is 4.21. The van der Waals surface area contributed by atoms with E-state index in [9.17, 15) is 9.90 Å². The van der Waals surface area contributed by atoms with Crippen LogP contribution in [0.3, 0.4) is 0 Å². The summed E-state index contributed by atoms with van der Waals surface area (Å²) in [5, 5.41) is 20.4. The van der Waals surface area contributed by atoms with Gasteiger partial charge >= 0.3 is 35.5 Å². The van der Waals surface area contributed by atoms with Gasteiger partial charge < -0.3 is 10.2 Å². The molecule has 3 nitrogen and oxygen atoms in total. The second-order valence-electron chi connectivity index (χ2n) is 5.70. The van der Waals surface area contributed by atoms with Gasteiger partial charge in [0, 0.05) is 0 Å². The maximum atomic E-state index is 11.3. The number of unbranched alkanes of at least 4 members (excludes halogenated alkanes) is 8. The van der Waals surface area contributed by atoms with Gasteiger partial charge in [-0.3, -0.25) is 0 Å². The SMILES string of the molecule is CCCCCCCCCCCc1cc([O-])ccc1C(=O)O.[Na+]. The Labute approximate surface area is 156 Å². The molecule has 0 heterocycles. The minimum Gasteiger partial charge on any atom is -0.872 e. The Kier molecular flexibility index (Phi) is 12.7. The van der Waals surface area contributed by atoms with E-state index in [0.29, 0.717) is 12.0 Å². The van der Waals surface area contributed by atoms with E-state index in [1.165, 1.54) is 63.1 Å². The van der Waals surface area contributed by atoms with Gasteiger partial charge in [-0.1, -0.05) is 70.4 Å². The molecule has 1 N–H and O–H groups in total. The number of aromatic carboxylic acids is 1. The van der Waals surface area contributed by atoms with Crippen molar-refractivity contribution >= 4 is 5.97 Å². The quantitative estimate of drug-likeness (QED) is 0.498. The van der Waals surface area contributed by atoms with E-state index in [4.69, 9.17) is 5.11 Å². The zero-order chi connectivity index (χ0) is 15.5. The van der Waals surface area contributed by atoms with Gasteiger partial charge in [0.15, 0.2) is 0 Å². The first-order valence-corrected chi connectivity index (χ1v) is 8.18. The molecule has 1 aromatic rings. The van der Waals surface area contributed by atoms with E-state index in [-0.39, 0.29) is 40.9 Å². The van der Waals surface area contributed by atoms with Crippen molar-refractivity contribution in [3.8, 4) is 5.75 Å². The largest absolute Gasteiger partial charge is 1.00 e. The molecule has 1 rings (SSSR count). The Morgan fingerprint density at radius 3 is 2.09 bits per heavy atom. The average molecular weight is 314 g/mol. The number of carbonyl (C=O) groups is 1. The summed E-state index contributed by atoms with van der Waals surface area (Å²) in [5.74, 6) is -1.05. The second-order valence-corrected chi connectivity index (χ2v) is 5.70. The fourth-order valence-corrected chi connectivity index (χ4v) is 2.61. The monoisotopic (exact) mass is 314 g/mol. The molecule has 118 valence electrons. The maximum Gasteiger partial charge on any atom is 1.00 e. The predicted molar refractivity (Wildman–Crippen MR) is 83.8 cm³/mol. The molecule has 0 spiro atoms. The Hall–Kier alpha value is -0.510. The molecule has 0 atom stereocenters. The first-order chi connectivity index (χ1) is 10.1. The zero-order valence-corrected chi connectivity index (χ0v) is 16.1. The van der Waals surface area contributed by atoms with Crippen LogP contribution in [0.2, 0.25) is 0 Å². The van der Waals surface area contributed by atoms with Crippen LogP contribution in [0, 0.1) is 0 Å². The van der Waals surface area contributed by atoms with Crippen LogP contribution in [0.1, 0.15) is 80.6 Å². The first kappa shape index (κ1) is 21.5. The molecular formula is C18H27NaO3. The maximum absolute atomic E-state index is 11.3. The molecule has 0 aliphatic heterocycles. The van der Waals surface area contributed by atoms with Crippen molar-refractivity contribution < 1.29 is 44.6 Å². The third-order valence-corrected chi connectivity index (χ3v) is 3.86. The number of carboxylic acids is 1. The molecule has 0 radical (unpaired) electrons. The van der Waals surface area contributed by atoms with Gasteiger partial charge in [-0.25, -0.2) is 4.79 Å². The first-order valence-electron chi connectivity index (χ1n) is 8.18. The van der Waals surface area contributed by atoms with Crippen molar-refractivity contribution in [1.82, 2.24) is 0 Å². The molecule has 0 bridgehead atoms. The normalized spacial score (nSPS) is 10.2. The summed E-state index contributed by atoms with van der Waals surface area (Å²) in [7, 11) is 0. The summed E-state index contributed by atoms with van der Waals surface area (Å²) in [5.41, 5.74) is 0.951. The minimum atomic E-state index is -0.944. The Balaban J connectivity index is 0.00000441. The summed E-state index contributed by atoms with van der Waals surface area (Å²) in [4.78, 5) is 11.1. The van der Waals surface area contributed by atoms with Crippen LogP contribution in [-0.4, -0.2) is 11.1 Å². The third kappa shape index (κ3) is 8.82. The number of aryl methyl sites for hydroxylation is 1. The number of hydrogen-bond acceptors (Lipinski definition) is 2. The molecule has 0 saturated carbocycles. The Morgan fingerprint density at radius 2 is 1.55 bits per heavy atom. The van der Waals surface area contributed by atoms with Gasteiger partial charge in [0.1, 0.15) is 0 Å². The molecule has 0 amide bonds. The van der Waals surface area contributed by atoms with E-state index >= 15 is 0 Å². The molecule has 0 aliphatic rings. The fraction of sp³-hybridized carbons (Fsp3) is 0.611. The smallest absolute Gasteiger partial charge is 0.872 e. The number of benzene rings is 1. The molecule has 0 unspecified atom stereocenters. The number of carboxylic acid groups (broad SMARTS) is 1. The van der Waals surface area contributed by atoms with Crippen LogP contribution >= 0.6 is 0 Å². The van der Waals surface area contributed by atoms with Crippen molar-refractivity contribution in [1.29, 1.82) is 0 Å². The molecular weight excluding hydrogens is 287 g/mol. The van der Waals surface area contributed by atoms with Crippen molar-refractivity contribution in [2.75, 3.05) is 0 Å². The van der Waals surface area contributed by atoms with E-state index in [1.54, 1.807) is 0 Å². The third-order valence-electron chi connectivity index (χ3n) is 3.86. The number of rotatable bonds is 11. The van der Waals surface area contributed by atoms with Crippen molar-refractivity contribution in [2.24, 2.45) is 0 Å². The van der Waals surface area contributed by atoms with E-state index in [1.807, 2.05) is 0 Å². The van der Waals surface area contributed by atoms with Crippen LogP contribution in [0.25, 0.3) is 0 Å². The Bertz CT molecular complexity index is 432. The minimum absolute atomic E-state index is 0. The topological polar surface area (TPSA) is 60.4 Å². The molecule has 22 heavy (non-hydrogen) atoms. The standard InChI is InChI=1S/C18H28O3.Na/c1-2-3-4-5-6-7-8-9-10-11-15-14-16(19)12-13-17(15)18(20)21;/h12-14,19H,2-11H2,1H3,(H,20,21);/q;+1/p-1. The van der Waals surface area contributed by atoms with Gasteiger partial charge in [0.2, 0.25) is 0 Å². The number of hydrogen-bond donors (Lipinski definition) is 1. The molecule has 1 aromatic carbocycles. The Morgan fingerprint density at radius 1 is 1.00 bits per heavy atom. The van der Waals surface area contributed by atoms with Gasteiger partial charge in [0.25, 0.3) is 0 Å². The van der Waals surface area contributed by atoms with Gasteiger partial charge in [-0.2, -0.15) is 0 Å². The molecule has 0 saturated heterocycles. The van der Waals surface area contributed by atoms with Gasteiger partial charge in [-0.05, 0) is 24.5 Å². The summed E-state index contributed by atoms with van der Waals surface area (Å²) < 4.78 is 0. The summed E-state index contributed by atoms with van der Waals surface area (Å²) >= 11 is 0. The van der Waals surface area contributed by atoms with Crippen LogP contribution in [0.15, 0.2) is 18.2 Å². The molecule has 0 aliphatic carbocycles. The van der Waals surface area contributed by atoms with Gasteiger partial charge in [-0.15, -0.1) is 5.75 Å². The zero-order valence-electron chi connectivity index (χ0n) is 14.1. The predicted octanol–water partition coefficient (Wildman–Crippen LogP) is 1.54. The molecule has 0 aromatic heterocycles. The van der Waals surface area contributed by atoms with E-state index in [0.717, 1.165) is 12.8 Å². The van der Waals surface area contributed by atoms with Crippen molar-refractivity contribution in [3.05, 3.63) is 29.3 Å².